The van der Waals surface area contributed by atoms with Crippen LogP contribution in [0.15, 0.2) is 0 Å². The molecule has 2 fully saturated rings. The van der Waals surface area contributed by atoms with Gasteiger partial charge in [-0.2, -0.15) is 0 Å². The minimum atomic E-state index is -0.621. The minimum Gasteiger partial charge on any atom is -0.392 e. The third-order valence-electron chi connectivity index (χ3n) is 9.23. The summed E-state index contributed by atoms with van der Waals surface area (Å²) in [5.74, 6) is 5.51. The number of aliphatic hydroxyl groups is 4. The zero-order chi connectivity index (χ0) is 30.4. The van der Waals surface area contributed by atoms with Gasteiger partial charge >= 0.3 is 0 Å². The molecule has 0 spiro atoms. The monoisotopic (exact) mass is 594 g/mol. The van der Waals surface area contributed by atoms with E-state index in [2.05, 4.69) is 18.8 Å². The first-order valence-corrected chi connectivity index (χ1v) is 17.9. The number of hydrogen-bond acceptors (Lipinski definition) is 6. The van der Waals surface area contributed by atoms with Gasteiger partial charge in [0.15, 0.2) is 0 Å². The van der Waals surface area contributed by atoms with Crippen molar-refractivity contribution in [2.45, 2.75) is 217 Å². The molecule has 2 aliphatic heterocycles. The molecule has 2 saturated heterocycles. The van der Waals surface area contributed by atoms with Crippen molar-refractivity contribution in [2.24, 2.45) is 0 Å². The van der Waals surface area contributed by atoms with E-state index in [0.717, 1.165) is 77.0 Å². The van der Waals surface area contributed by atoms with E-state index >= 15 is 0 Å². The van der Waals surface area contributed by atoms with Crippen LogP contribution in [0.4, 0.5) is 0 Å². The van der Waals surface area contributed by atoms with Crippen LogP contribution in [0.1, 0.15) is 168 Å². The molecular formula is C36H66O6. The maximum absolute atomic E-state index is 10.7. The number of hydrogen-bond donors (Lipinski definition) is 4. The average Bonchev–Trinajstić information content (AvgIpc) is 3.66. The molecule has 42 heavy (non-hydrogen) atoms. The molecule has 6 nitrogen and oxygen atoms in total. The third kappa shape index (κ3) is 17.0. The van der Waals surface area contributed by atoms with Crippen molar-refractivity contribution < 1.29 is 29.9 Å². The van der Waals surface area contributed by atoms with Gasteiger partial charge in [-0.3, -0.25) is 0 Å². The lowest BCUT2D eigenvalue weighted by Gasteiger charge is -2.24. The van der Waals surface area contributed by atoms with E-state index in [1.54, 1.807) is 6.92 Å². The van der Waals surface area contributed by atoms with Crippen molar-refractivity contribution in [1.29, 1.82) is 0 Å². The predicted octanol–water partition coefficient (Wildman–Crippen LogP) is 7.37. The smallest absolute Gasteiger partial charge is 0.111 e. The maximum atomic E-state index is 10.7. The highest BCUT2D eigenvalue weighted by molar-refractivity contribution is 5.04. The van der Waals surface area contributed by atoms with Crippen molar-refractivity contribution in [3.8, 4) is 11.8 Å². The molecular weight excluding hydrogens is 528 g/mol. The molecule has 2 heterocycles. The van der Waals surface area contributed by atoms with Crippen molar-refractivity contribution in [2.75, 3.05) is 0 Å². The molecule has 4 N–H and O–H groups in total. The Kier molecular flexibility index (Phi) is 21.1. The van der Waals surface area contributed by atoms with Crippen LogP contribution in [-0.2, 0) is 9.47 Å². The SMILES string of the molecule is CCCCCCCCCC[C@@H](O)[C@H]1CC[C@H]([C@H]2CC[C@H]([C@H](O)CCCCCCCCCC[C@@H](O)CC#C[C@@H](C)O)O2)O1. The number of ether oxygens (including phenoxy) is 2. The maximum Gasteiger partial charge on any atom is 0.111 e. The van der Waals surface area contributed by atoms with E-state index in [-0.39, 0.29) is 36.6 Å². The molecule has 0 aromatic rings. The Hall–Kier alpha value is -0.680. The molecule has 8 atom stereocenters. The van der Waals surface area contributed by atoms with Crippen molar-refractivity contribution in [3.05, 3.63) is 0 Å². The molecule has 6 heteroatoms. The zero-order valence-electron chi connectivity index (χ0n) is 27.2. The van der Waals surface area contributed by atoms with E-state index in [9.17, 15) is 15.3 Å². The number of unbranched alkanes of at least 4 members (excludes halogenated alkanes) is 14. The second kappa shape index (κ2) is 23.7. The van der Waals surface area contributed by atoms with E-state index in [1.807, 2.05) is 0 Å². The highest BCUT2D eigenvalue weighted by Gasteiger charge is 2.40. The second-order valence-corrected chi connectivity index (χ2v) is 13.2. The van der Waals surface area contributed by atoms with Crippen LogP contribution in [0.3, 0.4) is 0 Å². The van der Waals surface area contributed by atoms with Gasteiger partial charge in [-0.25, -0.2) is 0 Å². The van der Waals surface area contributed by atoms with E-state index in [4.69, 9.17) is 14.6 Å². The topological polar surface area (TPSA) is 99.4 Å². The Morgan fingerprint density at radius 3 is 1.40 bits per heavy atom. The van der Waals surface area contributed by atoms with Gasteiger partial charge in [0, 0.05) is 6.42 Å². The van der Waals surface area contributed by atoms with Gasteiger partial charge in [0.05, 0.1) is 42.7 Å². The fourth-order valence-corrected chi connectivity index (χ4v) is 6.57. The largest absolute Gasteiger partial charge is 0.392 e. The van der Waals surface area contributed by atoms with E-state index < -0.39 is 12.2 Å². The van der Waals surface area contributed by atoms with Crippen LogP contribution in [0.5, 0.6) is 0 Å². The first kappa shape index (κ1) is 37.5. The Morgan fingerprint density at radius 2 is 0.976 bits per heavy atom. The zero-order valence-corrected chi connectivity index (χ0v) is 27.2. The van der Waals surface area contributed by atoms with Crippen molar-refractivity contribution in [3.63, 3.8) is 0 Å². The Bertz CT molecular complexity index is 703. The van der Waals surface area contributed by atoms with Crippen LogP contribution in [-0.4, -0.2) is 69.3 Å². The van der Waals surface area contributed by atoms with Gasteiger partial charge in [-0.1, -0.05) is 121 Å². The highest BCUT2D eigenvalue weighted by Crippen LogP contribution is 2.34. The lowest BCUT2D eigenvalue weighted by Crippen LogP contribution is -2.33. The summed E-state index contributed by atoms with van der Waals surface area (Å²) in [5.41, 5.74) is 0. The summed E-state index contributed by atoms with van der Waals surface area (Å²) in [5, 5.41) is 40.4. The van der Waals surface area contributed by atoms with Crippen LogP contribution >= 0.6 is 0 Å². The van der Waals surface area contributed by atoms with Crippen LogP contribution in [0.25, 0.3) is 0 Å². The number of rotatable bonds is 24. The summed E-state index contributed by atoms with van der Waals surface area (Å²) in [6.45, 7) is 3.89. The summed E-state index contributed by atoms with van der Waals surface area (Å²) < 4.78 is 12.5. The van der Waals surface area contributed by atoms with Gasteiger partial charge in [0.1, 0.15) is 6.10 Å². The minimum absolute atomic E-state index is 0.0556. The second-order valence-electron chi connectivity index (χ2n) is 13.2. The molecule has 0 aliphatic carbocycles. The van der Waals surface area contributed by atoms with Crippen molar-refractivity contribution >= 4 is 0 Å². The summed E-state index contributed by atoms with van der Waals surface area (Å²) in [6, 6.07) is 0. The number of aliphatic hydroxyl groups excluding tert-OH is 4. The van der Waals surface area contributed by atoms with Crippen LogP contribution < -0.4 is 0 Å². The molecule has 2 aliphatic rings. The van der Waals surface area contributed by atoms with Gasteiger partial charge in [0.2, 0.25) is 0 Å². The summed E-state index contributed by atoms with van der Waals surface area (Å²) in [6.07, 6.45) is 24.3. The predicted molar refractivity (Wildman–Crippen MR) is 171 cm³/mol. The highest BCUT2D eigenvalue weighted by atomic mass is 16.6. The summed E-state index contributed by atoms with van der Waals surface area (Å²) in [7, 11) is 0. The molecule has 0 amide bonds. The normalized spacial score (nSPS) is 25.2. The lowest BCUT2D eigenvalue weighted by molar-refractivity contribution is -0.110. The fraction of sp³-hybridized carbons (Fsp3) is 0.944. The first-order valence-electron chi connectivity index (χ1n) is 17.9. The third-order valence-corrected chi connectivity index (χ3v) is 9.23. The fourth-order valence-electron chi connectivity index (χ4n) is 6.57. The summed E-state index contributed by atoms with van der Waals surface area (Å²) >= 11 is 0. The molecule has 0 saturated carbocycles. The molecule has 0 bridgehead atoms. The summed E-state index contributed by atoms with van der Waals surface area (Å²) in [4.78, 5) is 0. The molecule has 0 radical (unpaired) electrons. The molecule has 2 rings (SSSR count). The molecule has 0 aromatic carbocycles. The Morgan fingerprint density at radius 1 is 0.571 bits per heavy atom. The van der Waals surface area contributed by atoms with Crippen molar-refractivity contribution in [1.82, 2.24) is 0 Å². The van der Waals surface area contributed by atoms with Gasteiger partial charge in [-0.05, 0) is 51.9 Å². The Labute approximate surface area is 258 Å². The lowest BCUT2D eigenvalue weighted by atomic mass is 10.0. The average molecular weight is 595 g/mol. The Balaban J connectivity index is 1.44. The molecule has 0 aromatic heterocycles. The van der Waals surface area contributed by atoms with E-state index in [1.165, 1.54) is 70.6 Å². The quantitative estimate of drug-likeness (QED) is 0.0688. The molecule has 0 unspecified atom stereocenters. The standard InChI is InChI=1S/C36H66O6/c1-3-4-5-6-7-11-14-17-23-31(39)33-25-27-35(41-33)36-28-26-34(42-36)32(40)24-18-15-12-9-8-10-13-16-21-30(38)22-19-20-29(2)37/h29-40H,3-18,21-28H2,1-2H3/t29-,30-,31-,32-,33-,34-,35-,36-/m1/s1. The molecule has 246 valence electrons. The van der Waals surface area contributed by atoms with E-state index in [0.29, 0.717) is 6.42 Å². The van der Waals surface area contributed by atoms with Gasteiger partial charge < -0.3 is 29.9 Å². The first-order chi connectivity index (χ1) is 20.4. The van der Waals surface area contributed by atoms with Crippen LogP contribution in [0, 0.1) is 11.8 Å². The van der Waals surface area contributed by atoms with Crippen LogP contribution in [0.2, 0.25) is 0 Å². The van der Waals surface area contributed by atoms with Gasteiger partial charge in [0.25, 0.3) is 0 Å². The van der Waals surface area contributed by atoms with Gasteiger partial charge in [-0.15, -0.1) is 0 Å².